The third-order valence-electron chi connectivity index (χ3n) is 4.30. The largest absolute Gasteiger partial charge is 0.313 e. The Labute approximate surface area is 110 Å². The summed E-state index contributed by atoms with van der Waals surface area (Å²) < 4.78 is 26.3. The van der Waals surface area contributed by atoms with Gasteiger partial charge in [0.2, 0.25) is 10.0 Å². The van der Waals surface area contributed by atoms with E-state index in [-0.39, 0.29) is 11.8 Å². The van der Waals surface area contributed by atoms with Crippen LogP contribution < -0.4 is 5.32 Å². The highest BCUT2D eigenvalue weighted by atomic mass is 32.2. The van der Waals surface area contributed by atoms with Crippen molar-refractivity contribution < 1.29 is 8.42 Å². The molecule has 1 saturated carbocycles. The number of piperazine rings is 1. The van der Waals surface area contributed by atoms with E-state index >= 15 is 0 Å². The Morgan fingerprint density at radius 2 is 1.78 bits per heavy atom. The molecule has 1 atom stereocenters. The summed E-state index contributed by atoms with van der Waals surface area (Å²) in [7, 11) is -3.05. The van der Waals surface area contributed by atoms with Crippen molar-refractivity contribution in [3.05, 3.63) is 0 Å². The molecule has 2 saturated heterocycles. The predicted octanol–water partition coefficient (Wildman–Crippen LogP) is -0.152. The van der Waals surface area contributed by atoms with Crippen molar-refractivity contribution in [1.82, 2.24) is 14.5 Å². The third kappa shape index (κ3) is 2.87. The van der Waals surface area contributed by atoms with Gasteiger partial charge in [-0.3, -0.25) is 4.90 Å². The zero-order chi connectivity index (χ0) is 12.6. The second-order valence-electron chi connectivity index (χ2n) is 5.74. The average molecular weight is 273 g/mol. The summed E-state index contributed by atoms with van der Waals surface area (Å²) >= 11 is 0. The molecule has 2 heterocycles. The molecule has 0 aromatic rings. The summed E-state index contributed by atoms with van der Waals surface area (Å²) in [6.45, 7) is 4.18. The normalized spacial score (nSPS) is 31.9. The van der Waals surface area contributed by atoms with E-state index in [1.165, 1.54) is 12.8 Å². The number of hydrogen-bond donors (Lipinski definition) is 1. The number of hydrogen-bond acceptors (Lipinski definition) is 4. The minimum absolute atomic E-state index is 0.177. The molecule has 6 heteroatoms. The Bertz CT molecular complexity index is 380. The van der Waals surface area contributed by atoms with Crippen molar-refractivity contribution in [3.8, 4) is 0 Å². The number of rotatable bonds is 4. The topological polar surface area (TPSA) is 52.7 Å². The maximum absolute atomic E-state index is 12.3. The molecule has 0 aromatic heterocycles. The van der Waals surface area contributed by atoms with Gasteiger partial charge in [-0.1, -0.05) is 0 Å². The lowest BCUT2D eigenvalue weighted by molar-refractivity contribution is 0.180. The van der Waals surface area contributed by atoms with Gasteiger partial charge in [0.25, 0.3) is 0 Å². The van der Waals surface area contributed by atoms with Crippen LogP contribution in [0.25, 0.3) is 0 Å². The van der Waals surface area contributed by atoms with Gasteiger partial charge in [-0.2, -0.15) is 4.31 Å². The Balaban J connectivity index is 1.53. The van der Waals surface area contributed by atoms with Crippen molar-refractivity contribution in [1.29, 1.82) is 0 Å². The highest BCUT2D eigenvalue weighted by Crippen LogP contribution is 2.28. The average Bonchev–Trinajstić information content (AvgIpc) is 3.09. The van der Waals surface area contributed by atoms with Gasteiger partial charge in [0.05, 0.1) is 5.75 Å². The van der Waals surface area contributed by atoms with Crippen LogP contribution in [-0.2, 0) is 10.0 Å². The van der Waals surface area contributed by atoms with E-state index < -0.39 is 10.0 Å². The number of nitrogens with zero attached hydrogens (tertiary/aromatic N) is 2. The van der Waals surface area contributed by atoms with Crippen LogP contribution in [0.5, 0.6) is 0 Å². The lowest BCUT2D eigenvalue weighted by Gasteiger charge is -2.34. The second kappa shape index (κ2) is 5.07. The summed E-state index contributed by atoms with van der Waals surface area (Å²) in [6, 6.07) is 0.933. The first kappa shape index (κ1) is 12.8. The van der Waals surface area contributed by atoms with Crippen molar-refractivity contribution in [2.24, 2.45) is 0 Å². The lowest BCUT2D eigenvalue weighted by Crippen LogP contribution is -2.51. The van der Waals surface area contributed by atoms with Crippen LogP contribution in [0.2, 0.25) is 0 Å². The van der Waals surface area contributed by atoms with Crippen LogP contribution in [0.1, 0.15) is 25.7 Å². The molecule has 1 unspecified atom stereocenters. The molecular formula is C12H23N3O2S. The second-order valence-corrected chi connectivity index (χ2v) is 7.75. The van der Waals surface area contributed by atoms with Crippen LogP contribution in [-0.4, -0.2) is 68.2 Å². The molecule has 0 amide bonds. The molecule has 3 fully saturated rings. The fraction of sp³-hybridized carbons (Fsp3) is 1.00. The standard InChI is InChI=1S/C12H23N3O2S/c16-18(17,10-11-2-1-5-13-11)15-8-6-14(7-9-15)12-3-4-12/h11-13H,1-10H2. The summed E-state index contributed by atoms with van der Waals surface area (Å²) in [6.07, 6.45) is 4.72. The zero-order valence-electron chi connectivity index (χ0n) is 10.8. The molecule has 1 N–H and O–H groups in total. The molecule has 3 rings (SSSR count). The van der Waals surface area contributed by atoms with Gasteiger partial charge in [-0.15, -0.1) is 0 Å². The van der Waals surface area contributed by atoms with Crippen LogP contribution in [0, 0.1) is 0 Å². The molecule has 18 heavy (non-hydrogen) atoms. The van der Waals surface area contributed by atoms with Crippen molar-refractivity contribution in [2.75, 3.05) is 38.5 Å². The maximum Gasteiger partial charge on any atom is 0.215 e. The highest BCUT2D eigenvalue weighted by Gasteiger charge is 2.35. The molecule has 104 valence electrons. The maximum atomic E-state index is 12.3. The van der Waals surface area contributed by atoms with Gasteiger partial charge < -0.3 is 5.32 Å². The number of nitrogens with one attached hydrogen (secondary N) is 1. The van der Waals surface area contributed by atoms with Crippen molar-refractivity contribution >= 4 is 10.0 Å². The van der Waals surface area contributed by atoms with Gasteiger partial charge in [-0.05, 0) is 32.2 Å². The molecule has 5 nitrogen and oxygen atoms in total. The van der Waals surface area contributed by atoms with E-state index in [1.54, 1.807) is 4.31 Å². The van der Waals surface area contributed by atoms with E-state index in [1.807, 2.05) is 0 Å². The molecule has 0 aromatic carbocycles. The zero-order valence-corrected chi connectivity index (χ0v) is 11.7. The van der Waals surface area contributed by atoms with E-state index in [2.05, 4.69) is 10.2 Å². The third-order valence-corrected chi connectivity index (χ3v) is 6.28. The molecule has 1 aliphatic carbocycles. The summed E-state index contributed by atoms with van der Waals surface area (Å²) in [4.78, 5) is 2.44. The van der Waals surface area contributed by atoms with E-state index in [0.717, 1.165) is 38.5 Å². The fourth-order valence-electron chi connectivity index (χ4n) is 3.05. The predicted molar refractivity (Wildman–Crippen MR) is 71.0 cm³/mol. The molecule has 0 spiro atoms. The summed E-state index contributed by atoms with van der Waals surface area (Å²) in [5.74, 6) is 0.288. The van der Waals surface area contributed by atoms with Gasteiger partial charge >= 0.3 is 0 Å². The lowest BCUT2D eigenvalue weighted by atomic mass is 10.3. The van der Waals surface area contributed by atoms with E-state index in [0.29, 0.717) is 13.1 Å². The van der Waals surface area contributed by atoms with Crippen LogP contribution in [0.15, 0.2) is 0 Å². The molecule has 3 aliphatic rings. The first-order chi connectivity index (χ1) is 8.65. The van der Waals surface area contributed by atoms with E-state index in [9.17, 15) is 8.42 Å². The Morgan fingerprint density at radius 1 is 1.06 bits per heavy atom. The van der Waals surface area contributed by atoms with Crippen molar-refractivity contribution in [2.45, 2.75) is 37.8 Å². The minimum atomic E-state index is -3.05. The molecule has 2 aliphatic heterocycles. The Kier molecular flexibility index (Phi) is 3.62. The number of sulfonamides is 1. The Hall–Kier alpha value is -0.170. The van der Waals surface area contributed by atoms with Crippen LogP contribution >= 0.6 is 0 Å². The first-order valence-electron chi connectivity index (χ1n) is 7.10. The molecular weight excluding hydrogens is 250 g/mol. The quantitative estimate of drug-likeness (QED) is 0.774. The van der Waals surface area contributed by atoms with Crippen LogP contribution in [0.4, 0.5) is 0 Å². The van der Waals surface area contributed by atoms with Gasteiger partial charge in [0.15, 0.2) is 0 Å². The monoisotopic (exact) mass is 273 g/mol. The van der Waals surface area contributed by atoms with Crippen LogP contribution in [0.3, 0.4) is 0 Å². The summed E-state index contributed by atoms with van der Waals surface area (Å²) in [5, 5.41) is 3.27. The van der Waals surface area contributed by atoms with E-state index in [4.69, 9.17) is 0 Å². The minimum Gasteiger partial charge on any atom is -0.313 e. The van der Waals surface area contributed by atoms with Gasteiger partial charge in [0, 0.05) is 38.3 Å². The van der Waals surface area contributed by atoms with Gasteiger partial charge in [-0.25, -0.2) is 8.42 Å². The Morgan fingerprint density at radius 3 is 2.33 bits per heavy atom. The fourth-order valence-corrected chi connectivity index (χ4v) is 4.77. The molecule has 0 radical (unpaired) electrons. The first-order valence-corrected chi connectivity index (χ1v) is 8.71. The smallest absolute Gasteiger partial charge is 0.215 e. The SMILES string of the molecule is O=S(=O)(CC1CCCN1)N1CCN(C2CC2)CC1. The van der Waals surface area contributed by atoms with Gasteiger partial charge in [0.1, 0.15) is 0 Å². The highest BCUT2D eigenvalue weighted by molar-refractivity contribution is 7.89. The summed E-state index contributed by atoms with van der Waals surface area (Å²) in [5.41, 5.74) is 0. The molecule has 0 bridgehead atoms. The van der Waals surface area contributed by atoms with Crippen molar-refractivity contribution in [3.63, 3.8) is 0 Å².